The lowest BCUT2D eigenvalue weighted by molar-refractivity contribution is -0.140. The van der Waals surface area contributed by atoms with Crippen molar-refractivity contribution in [2.45, 2.75) is 57.4 Å². The third-order valence-electron chi connectivity index (χ3n) is 5.03. The number of hydrogen-bond donors (Lipinski definition) is 1. The maximum Gasteiger partial charge on any atom is 0.248 e. The van der Waals surface area contributed by atoms with Crippen molar-refractivity contribution >= 4 is 11.7 Å². The van der Waals surface area contributed by atoms with E-state index in [4.69, 9.17) is 0 Å². The summed E-state index contributed by atoms with van der Waals surface area (Å²) in [6, 6.07) is 2.18. The van der Waals surface area contributed by atoms with E-state index >= 15 is 0 Å². The van der Waals surface area contributed by atoms with Crippen LogP contribution in [0.5, 0.6) is 0 Å². The van der Waals surface area contributed by atoms with Crippen LogP contribution in [0.1, 0.15) is 44.2 Å². The van der Waals surface area contributed by atoms with Gasteiger partial charge in [-0.2, -0.15) is 0 Å². The van der Waals surface area contributed by atoms with Crippen molar-refractivity contribution in [2.75, 3.05) is 18.4 Å². The lowest BCUT2D eigenvalue weighted by atomic mass is 9.85. The molecular weight excluding hydrogens is 314 g/mol. The molecule has 1 aromatic heterocycles. The Kier molecular flexibility index (Phi) is 4.96. The molecule has 0 bridgehead atoms. The van der Waals surface area contributed by atoms with Gasteiger partial charge in [-0.3, -0.25) is 4.79 Å². The molecule has 7 heteroatoms. The Morgan fingerprint density at radius 3 is 2.50 bits per heavy atom. The number of alkyl halides is 2. The van der Waals surface area contributed by atoms with Gasteiger partial charge in [0.05, 0.1) is 0 Å². The fourth-order valence-corrected chi connectivity index (χ4v) is 3.53. The van der Waals surface area contributed by atoms with Crippen LogP contribution >= 0.6 is 0 Å². The average Bonchev–Trinajstić information content (AvgIpc) is 2.55. The first-order chi connectivity index (χ1) is 11.4. The Labute approximate surface area is 140 Å². The molecular formula is C17H24F2N4O. The minimum absolute atomic E-state index is 0.0573. The molecule has 1 aliphatic heterocycles. The molecule has 0 aromatic carbocycles. The van der Waals surface area contributed by atoms with Crippen molar-refractivity contribution < 1.29 is 13.6 Å². The number of aromatic nitrogens is 2. The number of nitrogens with zero attached hydrogens (tertiary/aromatic N) is 3. The van der Waals surface area contributed by atoms with Crippen molar-refractivity contribution in [1.29, 1.82) is 0 Å². The summed E-state index contributed by atoms with van der Waals surface area (Å²) < 4.78 is 26.5. The van der Waals surface area contributed by atoms with Gasteiger partial charge >= 0.3 is 0 Å². The number of nitrogens with one attached hydrogen (secondary N) is 1. The van der Waals surface area contributed by atoms with Crippen LogP contribution in [0.25, 0.3) is 0 Å². The molecule has 2 heterocycles. The summed E-state index contributed by atoms with van der Waals surface area (Å²) in [6.45, 7) is 3.27. The zero-order valence-corrected chi connectivity index (χ0v) is 14.0. The molecule has 0 unspecified atom stereocenters. The third kappa shape index (κ3) is 4.19. The first-order valence-electron chi connectivity index (χ1n) is 8.65. The molecule has 1 saturated carbocycles. The van der Waals surface area contributed by atoms with E-state index in [1.165, 1.54) is 6.33 Å². The van der Waals surface area contributed by atoms with Gasteiger partial charge in [0.2, 0.25) is 11.8 Å². The number of rotatable bonds is 3. The highest BCUT2D eigenvalue weighted by Crippen LogP contribution is 2.37. The number of aryl methyl sites for hydroxylation is 1. The van der Waals surface area contributed by atoms with Crippen molar-refractivity contribution in [3.8, 4) is 0 Å². The molecule has 2 aliphatic rings. The number of piperidine rings is 1. The molecule has 0 spiro atoms. The SMILES string of the molecule is Cc1cc(NC2CCN(C(=O)C3CCC(F)(F)CC3)CC2)ncn1. The van der Waals surface area contributed by atoms with Gasteiger partial charge in [0.1, 0.15) is 12.1 Å². The predicted octanol–water partition coefficient (Wildman–Crippen LogP) is 3.01. The standard InChI is InChI=1S/C17H24F2N4O/c1-12-10-15(21-11-20-12)22-14-4-8-23(9-5-14)16(24)13-2-6-17(18,19)7-3-13/h10-11,13-14H,2-9H2,1H3,(H,20,21,22). The van der Waals surface area contributed by atoms with Gasteiger partial charge in [0, 0.05) is 49.7 Å². The highest BCUT2D eigenvalue weighted by molar-refractivity contribution is 5.79. The van der Waals surface area contributed by atoms with Crippen molar-refractivity contribution in [1.82, 2.24) is 14.9 Å². The van der Waals surface area contributed by atoms with Gasteiger partial charge in [-0.25, -0.2) is 18.7 Å². The smallest absolute Gasteiger partial charge is 0.248 e. The Hall–Kier alpha value is -1.79. The van der Waals surface area contributed by atoms with Crippen LogP contribution in [0.3, 0.4) is 0 Å². The minimum Gasteiger partial charge on any atom is -0.367 e. The van der Waals surface area contributed by atoms with E-state index in [0.717, 1.165) is 24.4 Å². The largest absolute Gasteiger partial charge is 0.367 e. The zero-order valence-electron chi connectivity index (χ0n) is 14.0. The summed E-state index contributed by atoms with van der Waals surface area (Å²) in [7, 11) is 0. The maximum atomic E-state index is 13.2. The molecule has 3 rings (SSSR count). The van der Waals surface area contributed by atoms with E-state index in [-0.39, 0.29) is 30.7 Å². The molecule has 1 aliphatic carbocycles. The van der Waals surface area contributed by atoms with Crippen LogP contribution in [-0.2, 0) is 4.79 Å². The molecule has 1 aromatic rings. The van der Waals surface area contributed by atoms with Gasteiger partial charge in [-0.15, -0.1) is 0 Å². The summed E-state index contributed by atoms with van der Waals surface area (Å²) in [5.74, 6) is -1.94. The summed E-state index contributed by atoms with van der Waals surface area (Å²) in [4.78, 5) is 22.6. The minimum atomic E-state index is -2.58. The van der Waals surface area contributed by atoms with Crippen molar-refractivity contribution in [3.63, 3.8) is 0 Å². The van der Waals surface area contributed by atoms with Crippen LogP contribution in [0.4, 0.5) is 14.6 Å². The molecule has 0 radical (unpaired) electrons. The molecule has 1 N–H and O–H groups in total. The average molecular weight is 338 g/mol. The predicted molar refractivity (Wildman–Crippen MR) is 86.9 cm³/mol. The monoisotopic (exact) mass is 338 g/mol. The Morgan fingerprint density at radius 1 is 1.21 bits per heavy atom. The molecule has 2 fully saturated rings. The highest BCUT2D eigenvalue weighted by Gasteiger charge is 2.39. The van der Waals surface area contributed by atoms with E-state index in [2.05, 4.69) is 15.3 Å². The molecule has 1 saturated heterocycles. The number of amides is 1. The quantitative estimate of drug-likeness (QED) is 0.920. The summed E-state index contributed by atoms with van der Waals surface area (Å²) >= 11 is 0. The Morgan fingerprint density at radius 2 is 1.88 bits per heavy atom. The highest BCUT2D eigenvalue weighted by atomic mass is 19.3. The van der Waals surface area contributed by atoms with Crippen molar-refractivity contribution in [2.24, 2.45) is 5.92 Å². The Balaban J connectivity index is 1.47. The lowest BCUT2D eigenvalue weighted by Gasteiger charge is -2.36. The summed E-state index contributed by atoms with van der Waals surface area (Å²) in [5.41, 5.74) is 0.911. The zero-order chi connectivity index (χ0) is 17.2. The Bertz CT molecular complexity index is 578. The summed E-state index contributed by atoms with van der Waals surface area (Å²) in [6.07, 6.45) is 3.53. The van der Waals surface area contributed by atoms with Gasteiger partial charge in [0.25, 0.3) is 0 Å². The van der Waals surface area contributed by atoms with Crippen LogP contribution in [0, 0.1) is 12.8 Å². The molecule has 1 amide bonds. The maximum absolute atomic E-state index is 13.2. The topological polar surface area (TPSA) is 58.1 Å². The first kappa shape index (κ1) is 17.0. The number of carbonyl (C=O) groups excluding carboxylic acids is 1. The van der Waals surface area contributed by atoms with E-state index in [0.29, 0.717) is 25.9 Å². The van der Waals surface area contributed by atoms with Gasteiger partial charge in [0.15, 0.2) is 0 Å². The van der Waals surface area contributed by atoms with Gasteiger partial charge in [-0.05, 0) is 32.6 Å². The van der Waals surface area contributed by atoms with E-state index in [1.807, 2.05) is 17.9 Å². The van der Waals surface area contributed by atoms with E-state index in [9.17, 15) is 13.6 Å². The normalized spacial score (nSPS) is 22.4. The number of halogens is 2. The van der Waals surface area contributed by atoms with Crippen molar-refractivity contribution in [3.05, 3.63) is 18.1 Å². The number of carbonyl (C=O) groups is 1. The molecule has 132 valence electrons. The second-order valence-electron chi connectivity index (χ2n) is 6.92. The third-order valence-corrected chi connectivity index (χ3v) is 5.03. The number of hydrogen-bond acceptors (Lipinski definition) is 4. The molecule has 0 atom stereocenters. The fraction of sp³-hybridized carbons (Fsp3) is 0.706. The molecule has 24 heavy (non-hydrogen) atoms. The fourth-order valence-electron chi connectivity index (χ4n) is 3.53. The lowest BCUT2D eigenvalue weighted by Crippen LogP contribution is -2.46. The van der Waals surface area contributed by atoms with Crippen LogP contribution in [0.15, 0.2) is 12.4 Å². The van der Waals surface area contributed by atoms with Crippen LogP contribution in [0.2, 0.25) is 0 Å². The first-order valence-corrected chi connectivity index (χ1v) is 8.65. The van der Waals surface area contributed by atoms with Gasteiger partial charge in [-0.1, -0.05) is 0 Å². The number of anilines is 1. The molecule has 5 nitrogen and oxygen atoms in total. The van der Waals surface area contributed by atoms with E-state index < -0.39 is 5.92 Å². The van der Waals surface area contributed by atoms with Crippen LogP contribution < -0.4 is 5.32 Å². The van der Waals surface area contributed by atoms with E-state index in [1.54, 1.807) is 0 Å². The van der Waals surface area contributed by atoms with Crippen LogP contribution in [-0.4, -0.2) is 45.8 Å². The summed E-state index contributed by atoms with van der Waals surface area (Å²) in [5, 5.41) is 3.38. The number of likely N-dealkylation sites (tertiary alicyclic amines) is 1. The second kappa shape index (κ2) is 6.99. The van der Waals surface area contributed by atoms with Gasteiger partial charge < -0.3 is 10.2 Å². The second-order valence-corrected chi connectivity index (χ2v) is 6.92.